The van der Waals surface area contributed by atoms with E-state index >= 15 is 0 Å². The van der Waals surface area contributed by atoms with E-state index in [0.717, 1.165) is 18.4 Å². The van der Waals surface area contributed by atoms with Crippen LogP contribution in [0.15, 0.2) is 30.3 Å². The van der Waals surface area contributed by atoms with Crippen molar-refractivity contribution >= 4 is 11.9 Å². The molecule has 0 fully saturated rings. The minimum absolute atomic E-state index is 0.00493. The predicted molar refractivity (Wildman–Crippen MR) is 136 cm³/mol. The molecule has 1 aromatic carbocycles. The maximum atomic E-state index is 13.3. The summed E-state index contributed by atoms with van der Waals surface area (Å²) in [6.45, 7) is 21.5. The van der Waals surface area contributed by atoms with Gasteiger partial charge in [-0.15, -0.1) is 0 Å². The first kappa shape index (κ1) is 29.2. The molecule has 0 saturated carbocycles. The van der Waals surface area contributed by atoms with E-state index in [4.69, 9.17) is 9.47 Å². The molecule has 1 aromatic rings. The Morgan fingerprint density at radius 1 is 0.818 bits per heavy atom. The lowest BCUT2D eigenvalue weighted by Crippen LogP contribution is -2.43. The summed E-state index contributed by atoms with van der Waals surface area (Å²) in [6.07, 6.45) is 2.23. The Morgan fingerprint density at radius 2 is 1.36 bits per heavy atom. The van der Waals surface area contributed by atoms with Crippen LogP contribution in [0.5, 0.6) is 0 Å². The number of esters is 2. The molecule has 0 N–H and O–H groups in total. The van der Waals surface area contributed by atoms with Crippen LogP contribution >= 0.6 is 0 Å². The van der Waals surface area contributed by atoms with Crippen molar-refractivity contribution in [3.05, 3.63) is 35.9 Å². The SMILES string of the molecule is COC(=O)C(C)(CC(C)(C)C)C(C)CC(C)(C)CC(C)(C(=O)OCc1ccccc1)C(C)C. The van der Waals surface area contributed by atoms with Gasteiger partial charge in [-0.05, 0) is 61.3 Å². The zero-order valence-electron chi connectivity index (χ0n) is 23.0. The van der Waals surface area contributed by atoms with Crippen molar-refractivity contribution in [3.63, 3.8) is 0 Å². The van der Waals surface area contributed by atoms with Crippen LogP contribution in [0.4, 0.5) is 0 Å². The van der Waals surface area contributed by atoms with Crippen LogP contribution in [0.3, 0.4) is 0 Å². The fourth-order valence-corrected chi connectivity index (χ4v) is 5.30. The van der Waals surface area contributed by atoms with Crippen molar-refractivity contribution < 1.29 is 19.1 Å². The highest BCUT2D eigenvalue weighted by molar-refractivity contribution is 5.77. The van der Waals surface area contributed by atoms with Gasteiger partial charge < -0.3 is 9.47 Å². The molecule has 3 unspecified atom stereocenters. The Labute approximate surface area is 202 Å². The van der Waals surface area contributed by atoms with Gasteiger partial charge in [0.25, 0.3) is 0 Å². The van der Waals surface area contributed by atoms with E-state index in [1.807, 2.05) is 44.2 Å². The van der Waals surface area contributed by atoms with Gasteiger partial charge in [-0.2, -0.15) is 0 Å². The second-order valence-corrected chi connectivity index (χ2v) is 12.7. The average Bonchev–Trinajstić information content (AvgIpc) is 2.69. The molecule has 0 heterocycles. The number of ether oxygens (including phenoxy) is 2. The van der Waals surface area contributed by atoms with Crippen LogP contribution in [0.1, 0.15) is 94.1 Å². The second-order valence-electron chi connectivity index (χ2n) is 12.7. The van der Waals surface area contributed by atoms with Crippen molar-refractivity contribution in [2.45, 2.75) is 95.1 Å². The number of methoxy groups -OCH3 is 1. The maximum Gasteiger partial charge on any atom is 0.312 e. The summed E-state index contributed by atoms with van der Waals surface area (Å²) in [7, 11) is 1.47. The molecule has 3 atom stereocenters. The van der Waals surface area contributed by atoms with Gasteiger partial charge >= 0.3 is 11.9 Å². The minimum atomic E-state index is -0.621. The number of carbonyl (C=O) groups is 2. The standard InChI is InChI=1S/C29H48O4/c1-21(2)28(9,25(31)33-18-23-15-13-12-14-16-23)20-27(7,8)17-22(3)29(10,24(30)32-11)19-26(4,5)6/h12-16,21-22H,17-20H2,1-11H3. The van der Waals surface area contributed by atoms with Gasteiger partial charge in [-0.3, -0.25) is 9.59 Å². The zero-order chi connectivity index (χ0) is 25.7. The molecule has 33 heavy (non-hydrogen) atoms. The highest BCUT2D eigenvalue weighted by atomic mass is 16.5. The molecular formula is C29H48O4. The molecular weight excluding hydrogens is 412 g/mol. The summed E-state index contributed by atoms with van der Waals surface area (Å²) in [5, 5.41) is 0. The van der Waals surface area contributed by atoms with E-state index in [9.17, 15) is 9.59 Å². The van der Waals surface area contributed by atoms with Crippen LogP contribution in [0.25, 0.3) is 0 Å². The topological polar surface area (TPSA) is 52.6 Å². The molecule has 0 radical (unpaired) electrons. The number of hydrogen-bond acceptors (Lipinski definition) is 4. The molecule has 188 valence electrons. The maximum absolute atomic E-state index is 13.3. The van der Waals surface area contributed by atoms with Gasteiger partial charge in [0.2, 0.25) is 0 Å². The van der Waals surface area contributed by atoms with Crippen molar-refractivity contribution in [1.82, 2.24) is 0 Å². The highest BCUT2D eigenvalue weighted by Crippen LogP contribution is 2.49. The first-order chi connectivity index (χ1) is 15.0. The first-order valence-corrected chi connectivity index (χ1v) is 12.3. The third kappa shape index (κ3) is 8.15. The molecule has 0 bridgehead atoms. The van der Waals surface area contributed by atoms with Crippen molar-refractivity contribution in [2.75, 3.05) is 7.11 Å². The van der Waals surface area contributed by atoms with Gasteiger partial charge in [0, 0.05) is 0 Å². The molecule has 0 amide bonds. The first-order valence-electron chi connectivity index (χ1n) is 12.3. The molecule has 1 rings (SSSR count). The number of benzene rings is 1. The molecule has 0 aliphatic carbocycles. The van der Waals surface area contributed by atoms with Crippen molar-refractivity contribution in [1.29, 1.82) is 0 Å². The monoisotopic (exact) mass is 460 g/mol. The quantitative estimate of drug-likeness (QED) is 0.322. The molecule has 0 spiro atoms. The molecule has 4 nitrogen and oxygen atoms in total. The Bertz CT molecular complexity index is 775. The summed E-state index contributed by atoms with van der Waals surface area (Å²) in [4.78, 5) is 26.2. The molecule has 0 aromatic heterocycles. The van der Waals surface area contributed by atoms with Gasteiger partial charge in [-0.25, -0.2) is 0 Å². The molecule has 0 saturated heterocycles. The smallest absolute Gasteiger partial charge is 0.312 e. The third-order valence-electron chi connectivity index (χ3n) is 7.29. The predicted octanol–water partition coefficient (Wildman–Crippen LogP) is 7.45. The molecule has 0 aliphatic heterocycles. The fraction of sp³-hybridized carbons (Fsp3) is 0.724. The summed E-state index contributed by atoms with van der Waals surface area (Å²) in [5.74, 6) is -0.102. The van der Waals surface area contributed by atoms with Crippen LogP contribution in [0.2, 0.25) is 0 Å². The lowest BCUT2D eigenvalue weighted by molar-refractivity contribution is -0.163. The van der Waals surface area contributed by atoms with Crippen LogP contribution in [-0.4, -0.2) is 19.0 Å². The number of hydrogen-bond donors (Lipinski definition) is 0. The average molecular weight is 461 g/mol. The van der Waals surface area contributed by atoms with E-state index in [1.54, 1.807) is 0 Å². The minimum Gasteiger partial charge on any atom is -0.469 e. The van der Waals surface area contributed by atoms with Crippen molar-refractivity contribution in [3.8, 4) is 0 Å². The van der Waals surface area contributed by atoms with Gasteiger partial charge in [0.15, 0.2) is 0 Å². The molecule has 0 aliphatic rings. The van der Waals surface area contributed by atoms with Gasteiger partial charge in [0.05, 0.1) is 17.9 Å². The fourth-order valence-electron chi connectivity index (χ4n) is 5.30. The van der Waals surface area contributed by atoms with E-state index in [2.05, 4.69) is 55.4 Å². The summed E-state index contributed by atoms with van der Waals surface area (Å²) in [5.41, 5.74) is -0.400. The number of carbonyl (C=O) groups excluding carboxylic acids is 2. The van der Waals surface area contributed by atoms with Crippen LogP contribution in [0, 0.1) is 33.5 Å². The van der Waals surface area contributed by atoms with E-state index in [-0.39, 0.29) is 41.2 Å². The van der Waals surface area contributed by atoms with Crippen LogP contribution < -0.4 is 0 Å². The summed E-state index contributed by atoms with van der Waals surface area (Å²) >= 11 is 0. The lowest BCUT2D eigenvalue weighted by Gasteiger charge is -2.44. The normalized spacial score (nSPS) is 17.1. The summed E-state index contributed by atoms with van der Waals surface area (Å²) in [6, 6.07) is 9.79. The second kappa shape index (κ2) is 11.1. The largest absolute Gasteiger partial charge is 0.469 e. The third-order valence-corrected chi connectivity index (χ3v) is 7.29. The lowest BCUT2D eigenvalue weighted by atomic mass is 9.60. The Morgan fingerprint density at radius 3 is 1.82 bits per heavy atom. The number of rotatable bonds is 11. The van der Waals surface area contributed by atoms with Crippen LogP contribution in [-0.2, 0) is 25.7 Å². The van der Waals surface area contributed by atoms with Gasteiger partial charge in [-0.1, -0.05) is 85.7 Å². The van der Waals surface area contributed by atoms with E-state index in [1.165, 1.54) is 7.11 Å². The molecule has 4 heteroatoms. The van der Waals surface area contributed by atoms with E-state index in [0.29, 0.717) is 6.42 Å². The van der Waals surface area contributed by atoms with Crippen molar-refractivity contribution in [2.24, 2.45) is 33.5 Å². The highest BCUT2D eigenvalue weighted by Gasteiger charge is 2.47. The Hall–Kier alpha value is -1.84. The van der Waals surface area contributed by atoms with Gasteiger partial charge in [0.1, 0.15) is 6.61 Å². The Balaban J connectivity index is 3.05. The Kier molecular flexibility index (Phi) is 9.78. The zero-order valence-corrected chi connectivity index (χ0v) is 23.0. The van der Waals surface area contributed by atoms with E-state index < -0.39 is 10.8 Å². The summed E-state index contributed by atoms with van der Waals surface area (Å²) < 4.78 is 11.0.